The lowest BCUT2D eigenvalue weighted by atomic mass is 9.85. The van der Waals surface area contributed by atoms with E-state index in [2.05, 4.69) is 9.71 Å². The lowest BCUT2D eigenvalue weighted by Crippen LogP contribution is -2.33. The molecule has 2 aliphatic heterocycles. The summed E-state index contributed by atoms with van der Waals surface area (Å²) in [5, 5.41) is 0. The summed E-state index contributed by atoms with van der Waals surface area (Å²) in [5.74, 6) is 0.904. The van der Waals surface area contributed by atoms with Crippen molar-refractivity contribution in [3.63, 3.8) is 0 Å². The van der Waals surface area contributed by atoms with Gasteiger partial charge in [-0.15, -0.1) is 0 Å². The maximum absolute atomic E-state index is 13.4. The van der Waals surface area contributed by atoms with Crippen LogP contribution in [0, 0.1) is 6.92 Å². The number of aromatic nitrogens is 1. The highest BCUT2D eigenvalue weighted by Crippen LogP contribution is 2.47. The first-order valence-corrected chi connectivity index (χ1v) is 12.1. The van der Waals surface area contributed by atoms with Crippen LogP contribution in [0.4, 0.5) is 11.4 Å². The SMILES string of the molecule is Cc1nc2ccc(N3C(=O)C(C)(C)c4cc(C(=O)NS5(C)CCOO5)ccc43)cc2o1. The van der Waals surface area contributed by atoms with Crippen LogP contribution >= 0.6 is 10.5 Å². The molecule has 0 radical (unpaired) electrons. The van der Waals surface area contributed by atoms with Gasteiger partial charge in [0.25, 0.3) is 5.91 Å². The number of nitrogens with zero attached hydrogens (tertiary/aromatic N) is 2. The van der Waals surface area contributed by atoms with E-state index in [9.17, 15) is 9.59 Å². The fourth-order valence-corrected chi connectivity index (χ4v) is 5.37. The first-order chi connectivity index (χ1) is 14.7. The highest BCUT2D eigenvalue weighted by Gasteiger charge is 2.45. The van der Waals surface area contributed by atoms with Gasteiger partial charge in [0.05, 0.1) is 23.4 Å². The Hall–Kier alpha value is -2.88. The summed E-state index contributed by atoms with van der Waals surface area (Å²) < 4.78 is 13.9. The van der Waals surface area contributed by atoms with Crippen molar-refractivity contribution in [2.45, 2.75) is 26.2 Å². The van der Waals surface area contributed by atoms with E-state index < -0.39 is 15.9 Å². The van der Waals surface area contributed by atoms with Gasteiger partial charge in [-0.05, 0) is 60.2 Å². The zero-order valence-electron chi connectivity index (χ0n) is 17.7. The summed E-state index contributed by atoms with van der Waals surface area (Å²) in [7, 11) is -1.79. The van der Waals surface area contributed by atoms with Crippen LogP contribution in [0.5, 0.6) is 0 Å². The molecule has 8 nitrogen and oxygen atoms in total. The summed E-state index contributed by atoms with van der Waals surface area (Å²) in [5.41, 5.74) is 3.30. The van der Waals surface area contributed by atoms with Crippen LogP contribution in [0.2, 0.25) is 0 Å². The van der Waals surface area contributed by atoms with Crippen molar-refractivity contribution in [3.8, 4) is 0 Å². The van der Waals surface area contributed by atoms with Crippen molar-refractivity contribution in [3.05, 3.63) is 53.4 Å². The van der Waals surface area contributed by atoms with E-state index in [1.165, 1.54) is 0 Å². The molecular weight excluding hydrogens is 418 g/mol. The lowest BCUT2D eigenvalue weighted by molar-refractivity contribution is -0.173. The number of rotatable bonds is 3. The molecule has 162 valence electrons. The van der Waals surface area contributed by atoms with Crippen molar-refractivity contribution in [2.24, 2.45) is 0 Å². The Labute approximate surface area is 181 Å². The van der Waals surface area contributed by atoms with Gasteiger partial charge in [0.2, 0.25) is 5.91 Å². The van der Waals surface area contributed by atoms with Crippen molar-refractivity contribution in [1.82, 2.24) is 9.71 Å². The molecule has 1 fully saturated rings. The van der Waals surface area contributed by atoms with Crippen LogP contribution in [0.1, 0.15) is 35.7 Å². The summed E-state index contributed by atoms with van der Waals surface area (Å²) >= 11 is 0. The Morgan fingerprint density at radius 2 is 2.03 bits per heavy atom. The summed E-state index contributed by atoms with van der Waals surface area (Å²) in [6, 6.07) is 10.9. The maximum Gasteiger partial charge on any atom is 0.261 e. The van der Waals surface area contributed by atoms with Gasteiger partial charge in [0, 0.05) is 30.6 Å². The van der Waals surface area contributed by atoms with Gasteiger partial charge in [-0.1, -0.05) is 0 Å². The van der Waals surface area contributed by atoms with E-state index in [-0.39, 0.29) is 11.8 Å². The predicted molar refractivity (Wildman–Crippen MR) is 118 cm³/mol. The summed E-state index contributed by atoms with van der Waals surface area (Å²) in [4.78, 5) is 37.2. The standard InChI is InChI=1S/C22H23N3O5S/c1-13-23-17-7-6-15(12-19(17)29-13)25-18-8-5-14(11-16(18)22(2,3)21(25)27)20(26)24-31(4)10-9-28-30-31/h5-8,11-12H,9-10H2,1-4H3,(H,24,26). The molecule has 9 heteroatoms. The molecule has 3 heterocycles. The number of fused-ring (bicyclic) bond motifs is 2. The van der Waals surface area contributed by atoms with Crippen molar-refractivity contribution in [1.29, 1.82) is 0 Å². The molecule has 2 amide bonds. The third-order valence-corrected chi connectivity index (χ3v) is 7.67. The van der Waals surface area contributed by atoms with Gasteiger partial charge >= 0.3 is 0 Å². The quantitative estimate of drug-likeness (QED) is 0.617. The Bertz CT molecular complexity index is 1230. The van der Waals surface area contributed by atoms with E-state index in [1.807, 2.05) is 44.4 Å². The number of hydrogen-bond donors (Lipinski definition) is 1. The minimum atomic E-state index is -1.79. The van der Waals surface area contributed by atoms with E-state index in [0.717, 1.165) is 16.8 Å². The second-order valence-corrected chi connectivity index (χ2v) is 11.2. The topological polar surface area (TPSA) is 93.9 Å². The Morgan fingerprint density at radius 1 is 1.23 bits per heavy atom. The molecule has 0 spiro atoms. The zero-order valence-corrected chi connectivity index (χ0v) is 18.5. The van der Waals surface area contributed by atoms with Crippen LogP contribution in [0.15, 0.2) is 40.8 Å². The molecule has 31 heavy (non-hydrogen) atoms. The third kappa shape index (κ3) is 3.20. The van der Waals surface area contributed by atoms with Crippen LogP contribution in [-0.4, -0.2) is 35.4 Å². The van der Waals surface area contributed by atoms with Gasteiger partial charge in [-0.25, -0.2) is 9.87 Å². The molecule has 5 rings (SSSR count). The second-order valence-electron chi connectivity index (χ2n) is 8.41. The van der Waals surface area contributed by atoms with Crippen LogP contribution in [0.3, 0.4) is 0 Å². The van der Waals surface area contributed by atoms with Crippen molar-refractivity contribution < 1.29 is 23.2 Å². The van der Waals surface area contributed by atoms with E-state index in [1.54, 1.807) is 24.0 Å². The second kappa shape index (κ2) is 6.81. The first-order valence-electron chi connectivity index (χ1n) is 9.93. The minimum Gasteiger partial charge on any atom is -0.441 e. The number of carbonyl (C=O) groups excluding carboxylic acids is 2. The molecule has 1 atom stereocenters. The molecule has 1 aromatic heterocycles. The van der Waals surface area contributed by atoms with Crippen LogP contribution in [0.25, 0.3) is 11.1 Å². The molecule has 3 aromatic rings. The van der Waals surface area contributed by atoms with Gasteiger partial charge < -0.3 is 4.42 Å². The Kier molecular flexibility index (Phi) is 4.40. The largest absolute Gasteiger partial charge is 0.441 e. The monoisotopic (exact) mass is 441 g/mol. The van der Waals surface area contributed by atoms with Gasteiger partial charge in [-0.2, -0.15) is 4.33 Å². The maximum atomic E-state index is 13.4. The predicted octanol–water partition coefficient (Wildman–Crippen LogP) is 4.05. The average Bonchev–Trinajstić information content (AvgIpc) is 3.36. The van der Waals surface area contributed by atoms with Crippen molar-refractivity contribution in [2.75, 3.05) is 23.5 Å². The molecule has 2 aliphatic rings. The number of carbonyl (C=O) groups is 2. The molecule has 1 unspecified atom stereocenters. The smallest absolute Gasteiger partial charge is 0.261 e. The van der Waals surface area contributed by atoms with E-state index in [4.69, 9.17) is 13.6 Å². The average molecular weight is 442 g/mol. The number of oxazole rings is 1. The summed E-state index contributed by atoms with van der Waals surface area (Å²) in [6.45, 7) is 5.99. The van der Waals surface area contributed by atoms with E-state index in [0.29, 0.717) is 35.1 Å². The highest BCUT2D eigenvalue weighted by molar-refractivity contribution is 8.28. The van der Waals surface area contributed by atoms with Crippen molar-refractivity contribution >= 4 is 44.8 Å². The first kappa shape index (κ1) is 20.0. The summed E-state index contributed by atoms with van der Waals surface area (Å²) in [6.07, 6.45) is 1.85. The number of nitrogens with one attached hydrogen (secondary N) is 1. The third-order valence-electron chi connectivity index (χ3n) is 5.71. The lowest BCUT2D eigenvalue weighted by Gasteiger charge is -2.27. The number of amides is 2. The molecule has 1 N–H and O–H groups in total. The van der Waals surface area contributed by atoms with Crippen LogP contribution < -0.4 is 9.62 Å². The number of benzene rings is 2. The molecule has 0 bridgehead atoms. The van der Waals surface area contributed by atoms with Gasteiger partial charge in [0.15, 0.2) is 11.5 Å². The highest BCUT2D eigenvalue weighted by atomic mass is 32.3. The molecular formula is C22H23N3O5S. The fraction of sp³-hybridized carbons (Fsp3) is 0.318. The molecule has 1 saturated heterocycles. The van der Waals surface area contributed by atoms with E-state index >= 15 is 0 Å². The van der Waals surface area contributed by atoms with Gasteiger partial charge in [0.1, 0.15) is 5.52 Å². The molecule has 0 aliphatic carbocycles. The fourth-order valence-electron chi connectivity index (χ4n) is 3.99. The van der Waals surface area contributed by atoms with Crippen LogP contribution in [-0.2, 0) is 19.4 Å². The number of anilines is 2. The van der Waals surface area contributed by atoms with Gasteiger partial charge in [-0.3, -0.25) is 19.2 Å². The Balaban J connectivity index is 1.53. The number of hydrogen-bond acceptors (Lipinski definition) is 6. The number of aryl methyl sites for hydroxylation is 1. The molecule has 0 saturated carbocycles. The zero-order chi connectivity index (χ0) is 22.0. The normalized spacial score (nSPS) is 24.3. The minimum absolute atomic E-state index is 0.0687. The molecule has 2 aromatic carbocycles. The Morgan fingerprint density at radius 3 is 2.77 bits per heavy atom.